The summed E-state index contributed by atoms with van der Waals surface area (Å²) < 4.78 is 6.17. The van der Waals surface area contributed by atoms with Gasteiger partial charge in [-0.15, -0.1) is 0 Å². The highest BCUT2D eigenvalue weighted by Gasteiger charge is 2.70. The number of ketones is 1. The molecule has 3 N–H and O–H groups in total. The van der Waals surface area contributed by atoms with Crippen LogP contribution >= 0.6 is 0 Å². The van der Waals surface area contributed by atoms with E-state index >= 15 is 0 Å². The number of aliphatic hydroxyl groups is 1. The van der Waals surface area contributed by atoms with Crippen LogP contribution < -0.4 is 5.32 Å². The van der Waals surface area contributed by atoms with Crippen LogP contribution in [-0.2, 0) is 19.1 Å². The van der Waals surface area contributed by atoms with Crippen LogP contribution in [0.2, 0.25) is 0 Å². The maximum absolute atomic E-state index is 14.0. The summed E-state index contributed by atoms with van der Waals surface area (Å²) in [5.74, 6) is 0.246. The topological polar surface area (TPSA) is 113 Å². The van der Waals surface area contributed by atoms with Crippen molar-refractivity contribution in [2.45, 2.75) is 177 Å². The molecule has 9 atom stereocenters. The Balaban J connectivity index is 1.27. The molecule has 0 heterocycles. The third kappa shape index (κ3) is 5.76. The molecule has 282 valence electrons. The Morgan fingerprint density at radius 1 is 0.880 bits per heavy atom. The number of aliphatic hydroxyl groups excluding tert-OH is 1. The Bertz CT molecular complexity index is 1390. The molecule has 0 aromatic carbocycles. The van der Waals surface area contributed by atoms with Crippen molar-refractivity contribution in [3.63, 3.8) is 0 Å². The van der Waals surface area contributed by atoms with Crippen LogP contribution in [0.15, 0.2) is 11.1 Å². The van der Waals surface area contributed by atoms with Crippen molar-refractivity contribution in [3.05, 3.63) is 11.1 Å². The number of allylic oxidation sites excluding steroid dienone is 1. The predicted molar refractivity (Wildman–Crippen MR) is 196 cm³/mol. The quantitative estimate of drug-likeness (QED) is 0.207. The number of carbonyl (C=O) groups excluding carboxylic acids is 2. The van der Waals surface area contributed by atoms with E-state index in [1.54, 1.807) is 13.8 Å². The molecule has 0 bridgehead atoms. The zero-order valence-electron chi connectivity index (χ0n) is 32.9. The molecule has 0 spiro atoms. The van der Waals surface area contributed by atoms with Gasteiger partial charge in [-0.2, -0.15) is 0 Å². The maximum atomic E-state index is 14.0. The van der Waals surface area contributed by atoms with E-state index < -0.39 is 28.9 Å². The van der Waals surface area contributed by atoms with E-state index in [1.807, 2.05) is 0 Å². The van der Waals surface area contributed by atoms with Crippen molar-refractivity contribution in [1.82, 2.24) is 5.32 Å². The van der Waals surface area contributed by atoms with Crippen molar-refractivity contribution in [3.8, 4) is 0 Å². The molecule has 0 aromatic heterocycles. The van der Waals surface area contributed by atoms with Crippen molar-refractivity contribution in [1.29, 1.82) is 0 Å². The third-order valence-electron chi connectivity index (χ3n) is 16.7. The van der Waals surface area contributed by atoms with Gasteiger partial charge < -0.3 is 20.3 Å². The monoisotopic (exact) mass is 696 g/mol. The van der Waals surface area contributed by atoms with E-state index in [9.17, 15) is 24.6 Å². The summed E-state index contributed by atoms with van der Waals surface area (Å²) in [5.41, 5.74) is 0.755. The highest BCUT2D eigenvalue weighted by Crippen LogP contribution is 2.77. The van der Waals surface area contributed by atoms with Gasteiger partial charge in [0.25, 0.3) is 0 Å². The lowest BCUT2D eigenvalue weighted by molar-refractivity contribution is -0.235. The fourth-order valence-corrected chi connectivity index (χ4v) is 13.7. The minimum atomic E-state index is -1.15. The number of esters is 1. The molecule has 5 fully saturated rings. The number of rotatable bonds is 9. The van der Waals surface area contributed by atoms with Crippen LogP contribution in [0.25, 0.3) is 0 Å². The zero-order chi connectivity index (χ0) is 36.7. The second-order valence-corrected chi connectivity index (χ2v) is 20.3. The molecule has 0 aromatic rings. The van der Waals surface area contributed by atoms with Gasteiger partial charge in [0.2, 0.25) is 0 Å². The van der Waals surface area contributed by atoms with Crippen molar-refractivity contribution >= 4 is 17.7 Å². The minimum Gasteiger partial charge on any atom is -0.481 e. The SMILES string of the molecule is CC(C)C1=C2[C@H]3CC[C@@H]4[C@@]5(C)CC[C@H](OC(=O)CC(C)(C)C(=O)O)C(C)(C)[C@@H]5CC[C@@]4(C)[C@]3(C)CC[C@]2([C@@H](O)CNC2CCCCC2)CC1=O. The molecule has 5 saturated carbocycles. The number of Topliss-reactive ketones (excluding diaryl/α,β-unsaturated/α-hetero) is 1. The largest absolute Gasteiger partial charge is 0.481 e. The predicted octanol–water partition coefficient (Wildman–Crippen LogP) is 8.66. The Kier molecular flexibility index (Phi) is 9.87. The number of carbonyl (C=O) groups is 3. The molecule has 0 aliphatic heterocycles. The first-order chi connectivity index (χ1) is 23.2. The number of ether oxygens (including phenoxy) is 1. The number of carboxylic acids is 1. The molecule has 0 amide bonds. The molecular weight excluding hydrogens is 626 g/mol. The van der Waals surface area contributed by atoms with Crippen LogP contribution in [0.1, 0.15) is 159 Å². The number of hydrogen-bond acceptors (Lipinski definition) is 6. The van der Waals surface area contributed by atoms with Crippen molar-refractivity contribution in [2.75, 3.05) is 6.54 Å². The molecule has 6 aliphatic carbocycles. The first kappa shape index (κ1) is 38.0. The lowest BCUT2D eigenvalue weighted by atomic mass is 9.33. The highest BCUT2D eigenvalue weighted by molar-refractivity contribution is 6.00. The molecule has 0 saturated heterocycles. The summed E-state index contributed by atoms with van der Waals surface area (Å²) in [7, 11) is 0. The first-order valence-electron chi connectivity index (χ1n) is 20.4. The fourth-order valence-electron chi connectivity index (χ4n) is 13.7. The molecule has 0 radical (unpaired) electrons. The van der Waals surface area contributed by atoms with Gasteiger partial charge in [0, 0.05) is 29.8 Å². The molecule has 0 unspecified atom stereocenters. The maximum Gasteiger partial charge on any atom is 0.309 e. The average molecular weight is 696 g/mol. The summed E-state index contributed by atoms with van der Waals surface area (Å²) in [6, 6.07) is 0.475. The summed E-state index contributed by atoms with van der Waals surface area (Å²) >= 11 is 0. The van der Waals surface area contributed by atoms with Crippen LogP contribution in [-0.4, -0.2) is 52.7 Å². The van der Waals surface area contributed by atoms with Gasteiger partial charge in [-0.3, -0.25) is 14.4 Å². The van der Waals surface area contributed by atoms with Crippen molar-refractivity contribution < 1.29 is 29.3 Å². The Labute approximate surface area is 302 Å². The van der Waals surface area contributed by atoms with E-state index in [0.717, 1.165) is 56.9 Å². The normalized spacial score (nSPS) is 40.8. The van der Waals surface area contributed by atoms with E-state index in [4.69, 9.17) is 4.74 Å². The highest BCUT2D eigenvalue weighted by atomic mass is 16.5. The fraction of sp³-hybridized carbons (Fsp3) is 0.884. The van der Waals surface area contributed by atoms with Gasteiger partial charge in [0.15, 0.2) is 5.78 Å². The van der Waals surface area contributed by atoms with Gasteiger partial charge in [0.1, 0.15) is 6.10 Å². The van der Waals surface area contributed by atoms with E-state index in [1.165, 1.54) is 37.7 Å². The van der Waals surface area contributed by atoms with Crippen LogP contribution in [0.5, 0.6) is 0 Å². The number of nitrogens with one attached hydrogen (secondary N) is 1. The van der Waals surface area contributed by atoms with Crippen LogP contribution in [0, 0.1) is 56.2 Å². The van der Waals surface area contributed by atoms with Crippen molar-refractivity contribution in [2.24, 2.45) is 56.2 Å². The summed E-state index contributed by atoms with van der Waals surface area (Å²) in [5, 5.41) is 25.5. The Morgan fingerprint density at radius 3 is 2.20 bits per heavy atom. The van der Waals surface area contributed by atoms with Gasteiger partial charge in [-0.1, -0.05) is 73.3 Å². The molecular formula is C43H69NO6. The van der Waals surface area contributed by atoms with Gasteiger partial charge in [-0.05, 0) is 124 Å². The molecule has 6 rings (SSSR count). The minimum absolute atomic E-state index is 0.0277. The molecule has 7 nitrogen and oxygen atoms in total. The first-order valence-corrected chi connectivity index (χ1v) is 20.4. The number of aliphatic carboxylic acids is 1. The van der Waals surface area contributed by atoms with Gasteiger partial charge >= 0.3 is 11.9 Å². The van der Waals surface area contributed by atoms with Gasteiger partial charge in [-0.25, -0.2) is 0 Å². The number of carboxylic acid groups (broad SMARTS) is 1. The Hall–Kier alpha value is -1.73. The molecule has 7 heteroatoms. The second kappa shape index (κ2) is 13.0. The van der Waals surface area contributed by atoms with Crippen LogP contribution in [0.4, 0.5) is 0 Å². The summed E-state index contributed by atoms with van der Waals surface area (Å²) in [6.07, 6.45) is 13.8. The van der Waals surface area contributed by atoms with E-state index in [2.05, 4.69) is 53.8 Å². The lowest BCUT2D eigenvalue weighted by Gasteiger charge is -2.72. The van der Waals surface area contributed by atoms with E-state index in [-0.39, 0.29) is 45.9 Å². The number of hydrogen-bond donors (Lipinski definition) is 3. The molecule has 50 heavy (non-hydrogen) atoms. The third-order valence-corrected chi connectivity index (χ3v) is 16.7. The summed E-state index contributed by atoms with van der Waals surface area (Å²) in [6.45, 7) is 20.4. The number of fused-ring (bicyclic) bond motifs is 7. The second-order valence-electron chi connectivity index (χ2n) is 20.3. The van der Waals surface area contributed by atoms with E-state index in [0.29, 0.717) is 36.8 Å². The molecule has 6 aliphatic rings. The summed E-state index contributed by atoms with van der Waals surface area (Å²) in [4.78, 5) is 38.8. The van der Waals surface area contributed by atoms with Crippen LogP contribution in [0.3, 0.4) is 0 Å². The average Bonchev–Trinajstić information content (AvgIpc) is 3.35. The standard InChI is InChI=1S/C43H69NO6/c1-26(2)35-29(45)23-43(32(46)25-44-27-13-11-10-12-14-27)22-21-41(8)28(36(35)43)15-16-31-40(7)19-18-33(50-34(47)24-38(3,4)37(48)49)39(5,6)30(40)17-20-42(31,41)9/h26-28,30-33,44,46H,10-25H2,1-9H3,(H,48,49)/t28-,30+,31-,32+,33+,40+,41-,42-,43-/m1/s1. The van der Waals surface area contributed by atoms with Gasteiger partial charge in [0.05, 0.1) is 17.9 Å². The smallest absolute Gasteiger partial charge is 0.309 e. The Morgan fingerprint density at radius 2 is 1.56 bits per heavy atom. The lowest BCUT2D eigenvalue weighted by Crippen LogP contribution is -2.66. The zero-order valence-corrected chi connectivity index (χ0v) is 32.9.